The zero-order chi connectivity index (χ0) is 9.97. The molecule has 1 N–H and O–H groups in total. The Labute approximate surface area is 89.5 Å². The lowest BCUT2D eigenvalue weighted by atomic mass is 10.2. The standard InChI is InChI=1S/C11H17NOS/c1-14-11-4-2-3-10(11)12-8-5-6-9(13)7-8/h7,10-12H,2-6H2,1H3. The second-order valence-corrected chi connectivity index (χ2v) is 5.17. The van der Waals surface area contributed by atoms with Crippen molar-refractivity contribution in [2.45, 2.75) is 43.4 Å². The summed E-state index contributed by atoms with van der Waals surface area (Å²) in [5.41, 5.74) is 1.17. The molecule has 0 aromatic carbocycles. The Kier molecular flexibility index (Phi) is 3.16. The van der Waals surface area contributed by atoms with E-state index in [-0.39, 0.29) is 5.78 Å². The molecule has 0 radical (unpaired) electrons. The predicted octanol–water partition coefficient (Wildman–Crippen LogP) is 2.11. The highest BCUT2D eigenvalue weighted by molar-refractivity contribution is 7.99. The zero-order valence-electron chi connectivity index (χ0n) is 8.58. The summed E-state index contributed by atoms with van der Waals surface area (Å²) in [6, 6.07) is 0.599. The van der Waals surface area contributed by atoms with Gasteiger partial charge in [0.15, 0.2) is 5.78 Å². The first-order chi connectivity index (χ1) is 6.79. The normalized spacial score (nSPS) is 32.1. The summed E-state index contributed by atoms with van der Waals surface area (Å²) in [4.78, 5) is 11.1. The minimum atomic E-state index is 0.284. The quantitative estimate of drug-likeness (QED) is 0.775. The summed E-state index contributed by atoms with van der Waals surface area (Å²) in [5, 5.41) is 4.27. The lowest BCUT2D eigenvalue weighted by Crippen LogP contribution is -2.32. The second kappa shape index (κ2) is 4.39. The van der Waals surface area contributed by atoms with E-state index in [4.69, 9.17) is 0 Å². The van der Waals surface area contributed by atoms with Crippen molar-refractivity contribution in [3.63, 3.8) is 0 Å². The molecule has 2 rings (SSSR count). The van der Waals surface area contributed by atoms with Crippen LogP contribution in [0.3, 0.4) is 0 Å². The number of rotatable bonds is 3. The minimum absolute atomic E-state index is 0.284. The second-order valence-electron chi connectivity index (χ2n) is 4.09. The van der Waals surface area contributed by atoms with Gasteiger partial charge in [-0.15, -0.1) is 0 Å². The number of thioether (sulfide) groups is 1. The van der Waals surface area contributed by atoms with E-state index < -0.39 is 0 Å². The minimum Gasteiger partial charge on any atom is -0.384 e. The molecule has 2 atom stereocenters. The number of hydrogen-bond acceptors (Lipinski definition) is 3. The molecule has 78 valence electrons. The number of allylic oxidation sites excluding steroid dienone is 2. The van der Waals surface area contributed by atoms with Crippen molar-refractivity contribution in [1.29, 1.82) is 0 Å². The Balaban J connectivity index is 1.90. The third-order valence-corrected chi connectivity index (χ3v) is 4.27. The van der Waals surface area contributed by atoms with Gasteiger partial charge in [0, 0.05) is 29.5 Å². The molecule has 1 fully saturated rings. The molecule has 2 nitrogen and oxygen atoms in total. The number of hydrogen-bond donors (Lipinski definition) is 1. The van der Waals surface area contributed by atoms with Crippen LogP contribution in [-0.4, -0.2) is 23.3 Å². The van der Waals surface area contributed by atoms with E-state index in [1.165, 1.54) is 25.0 Å². The van der Waals surface area contributed by atoms with Crippen LogP contribution < -0.4 is 5.32 Å². The average Bonchev–Trinajstić information content (AvgIpc) is 2.76. The molecule has 0 aliphatic heterocycles. The summed E-state index contributed by atoms with van der Waals surface area (Å²) in [6.45, 7) is 0. The van der Waals surface area contributed by atoms with Gasteiger partial charge < -0.3 is 5.32 Å². The fourth-order valence-electron chi connectivity index (χ4n) is 2.32. The van der Waals surface area contributed by atoms with Crippen molar-refractivity contribution < 1.29 is 4.79 Å². The molecule has 0 spiro atoms. The number of nitrogens with one attached hydrogen (secondary N) is 1. The van der Waals surface area contributed by atoms with Gasteiger partial charge >= 0.3 is 0 Å². The van der Waals surface area contributed by atoms with Crippen molar-refractivity contribution >= 4 is 17.5 Å². The predicted molar refractivity (Wildman–Crippen MR) is 60.4 cm³/mol. The molecule has 0 aromatic rings. The summed E-state index contributed by atoms with van der Waals surface area (Å²) < 4.78 is 0. The van der Waals surface area contributed by atoms with Crippen LogP contribution in [0.5, 0.6) is 0 Å². The van der Waals surface area contributed by atoms with E-state index in [9.17, 15) is 4.79 Å². The molecular formula is C11H17NOS. The lowest BCUT2D eigenvalue weighted by molar-refractivity contribution is -0.114. The van der Waals surface area contributed by atoms with Gasteiger partial charge in [-0.3, -0.25) is 4.79 Å². The van der Waals surface area contributed by atoms with Crippen LogP contribution in [0, 0.1) is 0 Å². The van der Waals surface area contributed by atoms with Crippen molar-refractivity contribution in [2.24, 2.45) is 0 Å². The van der Waals surface area contributed by atoms with Gasteiger partial charge in [-0.2, -0.15) is 11.8 Å². The first-order valence-electron chi connectivity index (χ1n) is 5.32. The van der Waals surface area contributed by atoms with E-state index in [1.807, 2.05) is 11.8 Å². The largest absolute Gasteiger partial charge is 0.384 e. The first-order valence-corrected chi connectivity index (χ1v) is 6.61. The van der Waals surface area contributed by atoms with Gasteiger partial charge in [0.1, 0.15) is 0 Å². The van der Waals surface area contributed by atoms with Gasteiger partial charge in [0.25, 0.3) is 0 Å². The summed E-state index contributed by atoms with van der Waals surface area (Å²) in [7, 11) is 0. The summed E-state index contributed by atoms with van der Waals surface area (Å²) >= 11 is 1.95. The van der Waals surface area contributed by atoms with Gasteiger partial charge in [0.05, 0.1) is 0 Å². The first kappa shape index (κ1) is 10.1. The third kappa shape index (κ3) is 2.14. The molecule has 0 bridgehead atoms. The van der Waals surface area contributed by atoms with Crippen LogP contribution in [0.25, 0.3) is 0 Å². The van der Waals surface area contributed by atoms with Crippen molar-refractivity contribution in [3.8, 4) is 0 Å². The Morgan fingerprint density at radius 2 is 2.29 bits per heavy atom. The molecule has 0 saturated heterocycles. The van der Waals surface area contributed by atoms with Gasteiger partial charge in [-0.25, -0.2) is 0 Å². The highest BCUT2D eigenvalue weighted by Crippen LogP contribution is 2.29. The van der Waals surface area contributed by atoms with E-state index in [0.29, 0.717) is 12.5 Å². The Morgan fingerprint density at radius 1 is 1.43 bits per heavy atom. The maximum atomic E-state index is 11.1. The highest BCUT2D eigenvalue weighted by atomic mass is 32.2. The average molecular weight is 211 g/mol. The van der Waals surface area contributed by atoms with E-state index in [1.54, 1.807) is 6.08 Å². The van der Waals surface area contributed by atoms with E-state index in [2.05, 4.69) is 11.6 Å². The molecular weight excluding hydrogens is 194 g/mol. The summed E-state index contributed by atoms with van der Waals surface area (Å²) in [6.07, 6.45) is 9.51. The maximum Gasteiger partial charge on any atom is 0.157 e. The van der Waals surface area contributed by atoms with E-state index >= 15 is 0 Å². The van der Waals surface area contributed by atoms with Crippen molar-refractivity contribution in [1.82, 2.24) is 5.32 Å². The maximum absolute atomic E-state index is 11.1. The molecule has 0 amide bonds. The zero-order valence-corrected chi connectivity index (χ0v) is 9.40. The molecule has 0 aromatic heterocycles. The molecule has 3 heteroatoms. The van der Waals surface area contributed by atoms with Gasteiger partial charge in [0.2, 0.25) is 0 Å². The van der Waals surface area contributed by atoms with Crippen LogP contribution in [-0.2, 0) is 4.79 Å². The fraction of sp³-hybridized carbons (Fsp3) is 0.727. The van der Waals surface area contributed by atoms with Crippen LogP contribution in [0.1, 0.15) is 32.1 Å². The number of carbonyl (C=O) groups excluding carboxylic acids is 1. The number of carbonyl (C=O) groups is 1. The number of ketones is 1. The molecule has 14 heavy (non-hydrogen) atoms. The van der Waals surface area contributed by atoms with Crippen LogP contribution in [0.4, 0.5) is 0 Å². The van der Waals surface area contributed by atoms with Gasteiger partial charge in [-0.05, 0) is 25.5 Å². The molecule has 2 unspecified atom stereocenters. The van der Waals surface area contributed by atoms with Crippen molar-refractivity contribution in [2.75, 3.05) is 6.26 Å². The lowest BCUT2D eigenvalue weighted by Gasteiger charge is -2.20. The van der Waals surface area contributed by atoms with E-state index in [0.717, 1.165) is 11.7 Å². The molecule has 0 heterocycles. The SMILES string of the molecule is CSC1CCCC1NC1=CC(=O)CC1. The van der Waals surface area contributed by atoms with Crippen LogP contribution >= 0.6 is 11.8 Å². The molecule has 1 saturated carbocycles. The topological polar surface area (TPSA) is 29.1 Å². The third-order valence-electron chi connectivity index (χ3n) is 3.10. The Hall–Kier alpha value is -0.440. The highest BCUT2D eigenvalue weighted by Gasteiger charge is 2.27. The Bertz CT molecular complexity index is 262. The Morgan fingerprint density at radius 3 is 2.93 bits per heavy atom. The van der Waals surface area contributed by atoms with Crippen molar-refractivity contribution in [3.05, 3.63) is 11.8 Å². The van der Waals surface area contributed by atoms with Crippen LogP contribution in [0.15, 0.2) is 11.8 Å². The fourth-order valence-corrected chi connectivity index (χ4v) is 3.26. The smallest absolute Gasteiger partial charge is 0.157 e. The molecule has 2 aliphatic rings. The summed E-state index contributed by atoms with van der Waals surface area (Å²) in [5.74, 6) is 0.284. The monoisotopic (exact) mass is 211 g/mol. The van der Waals surface area contributed by atoms with Crippen LogP contribution in [0.2, 0.25) is 0 Å². The molecule has 2 aliphatic carbocycles. The van der Waals surface area contributed by atoms with Gasteiger partial charge in [-0.1, -0.05) is 6.42 Å².